The van der Waals surface area contributed by atoms with Gasteiger partial charge in [-0.25, -0.2) is 0 Å². The number of carbonyl (C=O) groups is 1. The van der Waals surface area contributed by atoms with Crippen LogP contribution < -0.4 is 5.90 Å². The number of allylic oxidation sites excluding steroid dienone is 1. The van der Waals surface area contributed by atoms with E-state index in [1.807, 2.05) is 0 Å². The van der Waals surface area contributed by atoms with E-state index in [9.17, 15) is 9.70 Å². The molecule has 0 spiro atoms. The zero-order valence-electron chi connectivity index (χ0n) is 4.48. The molecule has 0 radical (unpaired) electrons. The van der Waals surface area contributed by atoms with Crippen LogP contribution in [0.5, 0.6) is 0 Å². The van der Waals surface area contributed by atoms with Crippen LogP contribution in [0.25, 0.3) is 0 Å². The fraction of sp³-hybridized carbons (Fsp3) is 0. The molecule has 9 heavy (non-hydrogen) atoms. The molecule has 0 aromatic heterocycles. The van der Waals surface area contributed by atoms with E-state index in [0.29, 0.717) is 6.26 Å². The zero-order chi connectivity index (χ0) is 7.28. The van der Waals surface area contributed by atoms with Crippen molar-refractivity contribution in [2.75, 3.05) is 0 Å². The molecule has 4 N–H and O–H groups in total. The summed E-state index contributed by atoms with van der Waals surface area (Å²) in [6, 6.07) is 0. The van der Waals surface area contributed by atoms with Crippen molar-refractivity contribution < 1.29 is 25.7 Å². The Balaban J connectivity index is 4.14. The van der Waals surface area contributed by atoms with Gasteiger partial charge >= 0.3 is 10.6 Å². The van der Waals surface area contributed by atoms with E-state index in [1.54, 1.807) is 0 Å². The maximum atomic E-state index is 10.1. The molecule has 0 heterocycles. The smallest absolute Gasteiger partial charge is 0.396 e. The van der Waals surface area contributed by atoms with Gasteiger partial charge in [0.25, 0.3) is 0 Å². The van der Waals surface area contributed by atoms with Gasteiger partial charge in [0.2, 0.25) is 6.29 Å². The first kappa shape index (κ1) is 7.57. The van der Waals surface area contributed by atoms with Crippen LogP contribution in [0.3, 0.4) is 0 Å². The quantitative estimate of drug-likeness (QED) is 0.211. The SMILES string of the molecule is [NH3+]O[N+](=O)C(C=O)=CO. The number of aldehydes is 1. The van der Waals surface area contributed by atoms with E-state index in [2.05, 4.69) is 10.8 Å². The third-order valence-electron chi connectivity index (χ3n) is 0.581. The van der Waals surface area contributed by atoms with Crippen molar-refractivity contribution in [3.8, 4) is 0 Å². The van der Waals surface area contributed by atoms with Crippen LogP contribution in [0.4, 0.5) is 0 Å². The number of carbonyl (C=O) groups excluding carboxylic acids is 1. The zero-order valence-corrected chi connectivity index (χ0v) is 4.48. The Morgan fingerprint density at radius 2 is 2.33 bits per heavy atom. The second-order valence-corrected chi connectivity index (χ2v) is 1.06. The maximum Gasteiger partial charge on any atom is 0.396 e. The topological polar surface area (TPSA) is 94.3 Å². The number of aliphatic hydroxyl groups excluding tert-OH is 1. The van der Waals surface area contributed by atoms with Crippen LogP contribution in [-0.2, 0) is 9.73 Å². The molecule has 6 nitrogen and oxygen atoms in total. The highest BCUT2D eigenvalue weighted by molar-refractivity contribution is 5.68. The van der Waals surface area contributed by atoms with E-state index in [4.69, 9.17) is 5.11 Å². The Morgan fingerprint density at radius 1 is 1.78 bits per heavy atom. The van der Waals surface area contributed by atoms with Gasteiger partial charge in [-0.1, -0.05) is 0 Å². The molecule has 0 saturated heterocycles. The normalized spacial score (nSPS) is 10.6. The average molecular weight is 134 g/mol. The Bertz CT molecular complexity index is 152. The predicted molar refractivity (Wildman–Crippen MR) is 24.4 cm³/mol. The summed E-state index contributed by atoms with van der Waals surface area (Å²) in [5.41, 5.74) is -0.537. The third-order valence-corrected chi connectivity index (χ3v) is 0.581. The van der Waals surface area contributed by atoms with Crippen LogP contribution in [0.1, 0.15) is 0 Å². The van der Waals surface area contributed by atoms with Gasteiger partial charge in [-0.3, -0.25) is 4.79 Å². The van der Waals surface area contributed by atoms with E-state index >= 15 is 0 Å². The minimum absolute atomic E-state index is 0.137. The lowest BCUT2D eigenvalue weighted by molar-refractivity contribution is -1.00. The molecule has 0 aromatic rings. The van der Waals surface area contributed by atoms with Crippen molar-refractivity contribution in [3.05, 3.63) is 16.9 Å². The highest BCUT2D eigenvalue weighted by Gasteiger charge is 2.20. The highest BCUT2D eigenvalue weighted by atomic mass is 16.8. The minimum atomic E-state index is -0.537. The van der Waals surface area contributed by atoms with Crippen LogP contribution in [0, 0.1) is 4.91 Å². The summed E-state index contributed by atoms with van der Waals surface area (Å²) in [6.07, 6.45) is 0.462. The largest absolute Gasteiger partial charge is 0.508 e. The molecule has 0 fully saturated rings. The van der Waals surface area contributed by atoms with Gasteiger partial charge in [-0.15, -0.1) is 5.90 Å². The maximum absolute atomic E-state index is 10.1. The molecule has 0 atom stereocenters. The molecule has 0 amide bonds. The molecular formula is C3H6N2O4+2. The van der Waals surface area contributed by atoms with Crippen LogP contribution in [0.2, 0.25) is 0 Å². The molecule has 50 valence electrons. The molecule has 6 heteroatoms. The van der Waals surface area contributed by atoms with Gasteiger partial charge in [0.15, 0.2) is 6.26 Å². The summed E-state index contributed by atoms with van der Waals surface area (Å²) >= 11 is 0. The van der Waals surface area contributed by atoms with Gasteiger partial charge in [0.05, 0.1) is 4.91 Å². The fourth-order valence-corrected chi connectivity index (χ4v) is 0.195. The standard InChI is InChI=1S/C3H5N2O4/c4-9-5(8)3(1-6)2-7/h1-2H,4H3/q+1/p+1. The highest BCUT2D eigenvalue weighted by Crippen LogP contribution is 1.86. The van der Waals surface area contributed by atoms with Gasteiger partial charge in [0.1, 0.15) is 0 Å². The number of quaternary nitrogens is 1. The van der Waals surface area contributed by atoms with Crippen molar-refractivity contribution in [1.29, 1.82) is 0 Å². The minimum Gasteiger partial charge on any atom is -0.508 e. The molecule has 0 rings (SSSR count). The fourth-order valence-electron chi connectivity index (χ4n) is 0.195. The van der Waals surface area contributed by atoms with Crippen molar-refractivity contribution in [2.45, 2.75) is 0 Å². The first-order valence-electron chi connectivity index (χ1n) is 1.95. The van der Waals surface area contributed by atoms with E-state index in [1.165, 1.54) is 0 Å². The summed E-state index contributed by atoms with van der Waals surface area (Å²) in [4.78, 5) is 23.5. The number of hydrogen-bond acceptors (Lipinski definition) is 4. The average Bonchev–Trinajstić information content (AvgIpc) is 1.90. The lowest BCUT2D eigenvalue weighted by Gasteiger charge is -1.75. The summed E-state index contributed by atoms with van der Waals surface area (Å²) < 4.78 is 0. The van der Waals surface area contributed by atoms with Crippen LogP contribution >= 0.6 is 0 Å². The lowest BCUT2D eigenvalue weighted by Crippen LogP contribution is -2.52. The molecular weight excluding hydrogens is 128 g/mol. The first-order chi connectivity index (χ1) is 4.26. The predicted octanol–water partition coefficient (Wildman–Crippen LogP) is -1.55. The molecule has 0 aliphatic heterocycles. The summed E-state index contributed by atoms with van der Waals surface area (Å²) in [7, 11) is 0. The Labute approximate surface area is 50.0 Å². The van der Waals surface area contributed by atoms with Gasteiger partial charge in [-0.2, -0.15) is 0 Å². The molecule has 0 aliphatic carbocycles. The van der Waals surface area contributed by atoms with Gasteiger partial charge < -0.3 is 5.11 Å². The first-order valence-corrected chi connectivity index (χ1v) is 1.95. The molecule has 0 aromatic carbocycles. The van der Waals surface area contributed by atoms with E-state index in [0.717, 1.165) is 0 Å². The lowest BCUT2D eigenvalue weighted by atomic mass is 10.6. The van der Waals surface area contributed by atoms with Gasteiger partial charge in [-0.05, 0) is 4.94 Å². The van der Waals surface area contributed by atoms with Crippen LogP contribution in [-0.4, -0.2) is 16.3 Å². The second-order valence-electron chi connectivity index (χ2n) is 1.06. The number of hydrogen-bond donors (Lipinski definition) is 2. The Morgan fingerprint density at radius 3 is 2.44 bits per heavy atom. The van der Waals surface area contributed by atoms with Crippen molar-refractivity contribution in [2.24, 2.45) is 0 Å². The van der Waals surface area contributed by atoms with E-state index < -0.39 is 5.70 Å². The second kappa shape index (κ2) is 3.56. The van der Waals surface area contributed by atoms with Crippen molar-refractivity contribution in [1.82, 2.24) is 0 Å². The summed E-state index contributed by atoms with van der Waals surface area (Å²) in [5.74, 6) is 2.70. The molecule has 0 bridgehead atoms. The third kappa shape index (κ3) is 1.87. The van der Waals surface area contributed by atoms with Crippen molar-refractivity contribution in [3.63, 3.8) is 0 Å². The number of rotatable bonds is 3. The van der Waals surface area contributed by atoms with Gasteiger partial charge in [0, 0.05) is 0 Å². The molecule has 0 unspecified atom stereocenters. The molecule has 0 saturated carbocycles. The monoisotopic (exact) mass is 134 g/mol. The summed E-state index contributed by atoms with van der Waals surface area (Å²) in [6.45, 7) is 0. The van der Waals surface area contributed by atoms with Crippen molar-refractivity contribution >= 4 is 6.29 Å². The Kier molecular flexibility index (Phi) is 2.99. The van der Waals surface area contributed by atoms with E-state index in [-0.39, 0.29) is 11.2 Å². The van der Waals surface area contributed by atoms with Crippen LogP contribution in [0.15, 0.2) is 12.0 Å². The number of aliphatic hydroxyl groups is 1. The summed E-state index contributed by atoms with van der Waals surface area (Å²) in [5, 5.41) is 8.08. The Hall–Kier alpha value is -1.43. The molecule has 0 aliphatic rings. The number of nitrogens with zero attached hydrogens (tertiary/aromatic N) is 1.